The van der Waals surface area contributed by atoms with Crippen molar-refractivity contribution in [2.45, 2.75) is 37.8 Å². The van der Waals surface area contributed by atoms with Crippen molar-refractivity contribution in [3.05, 3.63) is 83.2 Å². The van der Waals surface area contributed by atoms with Crippen molar-refractivity contribution in [1.82, 2.24) is 4.90 Å². The molecule has 26 heavy (non-hydrogen) atoms. The molecule has 1 unspecified atom stereocenters. The van der Waals surface area contributed by atoms with Gasteiger partial charge in [0.25, 0.3) is 5.54 Å². The Bertz CT molecular complexity index is 780. The van der Waals surface area contributed by atoms with Crippen LogP contribution in [0, 0.1) is 12.5 Å². The molecule has 0 saturated heterocycles. The Morgan fingerprint density at radius 1 is 1.00 bits per heavy atom. The predicted octanol–water partition coefficient (Wildman–Crippen LogP) is 4.75. The third kappa shape index (κ3) is 2.70. The lowest BCUT2D eigenvalue weighted by molar-refractivity contribution is 0.309. The Kier molecular flexibility index (Phi) is 4.51. The third-order valence-electron chi connectivity index (χ3n) is 6.14. The van der Waals surface area contributed by atoms with Gasteiger partial charge in [0.15, 0.2) is 0 Å². The van der Waals surface area contributed by atoms with Gasteiger partial charge in [-0.05, 0) is 26.2 Å². The molecule has 4 rings (SSSR count). The van der Waals surface area contributed by atoms with E-state index in [4.69, 9.17) is 6.57 Å². The van der Waals surface area contributed by atoms with Gasteiger partial charge in [-0.15, -0.1) is 0 Å². The van der Waals surface area contributed by atoms with E-state index in [0.29, 0.717) is 12.0 Å². The average molecular weight is 343 g/mol. The lowest BCUT2D eigenvalue weighted by Crippen LogP contribution is -2.37. The fourth-order valence-electron chi connectivity index (χ4n) is 4.88. The van der Waals surface area contributed by atoms with Crippen molar-refractivity contribution in [3.8, 4) is 0 Å². The molecular weight excluding hydrogens is 318 g/mol. The summed E-state index contributed by atoms with van der Waals surface area (Å²) >= 11 is 0. The van der Waals surface area contributed by atoms with Gasteiger partial charge in [-0.3, -0.25) is 9.84 Å². The minimum Gasteiger partial charge on any atom is -0.356 e. The molecule has 1 aliphatic carbocycles. The summed E-state index contributed by atoms with van der Waals surface area (Å²) in [7, 11) is 0. The van der Waals surface area contributed by atoms with Crippen LogP contribution in [0.5, 0.6) is 0 Å². The quantitative estimate of drug-likeness (QED) is 0.733. The lowest BCUT2D eigenvalue weighted by atomic mass is 9.72. The van der Waals surface area contributed by atoms with Crippen LogP contribution in [-0.2, 0) is 5.54 Å². The Balaban J connectivity index is 1.73. The molecule has 0 bridgehead atoms. The van der Waals surface area contributed by atoms with Gasteiger partial charge in [-0.25, -0.2) is 6.57 Å². The van der Waals surface area contributed by atoms with Gasteiger partial charge in [0.1, 0.15) is 0 Å². The first kappa shape index (κ1) is 16.8. The van der Waals surface area contributed by atoms with Crippen LogP contribution in [0.15, 0.2) is 65.7 Å². The summed E-state index contributed by atoms with van der Waals surface area (Å²) in [6, 6.07) is 21.3. The number of rotatable bonds is 4. The van der Waals surface area contributed by atoms with Crippen molar-refractivity contribution >= 4 is 5.84 Å². The molecule has 2 aromatic rings. The molecule has 1 heterocycles. The lowest BCUT2D eigenvalue weighted by Gasteiger charge is -2.31. The summed E-state index contributed by atoms with van der Waals surface area (Å²) in [5.74, 6) is 1.49. The number of aliphatic imine (C=N–C) groups is 1. The number of amidine groups is 1. The van der Waals surface area contributed by atoms with Gasteiger partial charge in [-0.1, -0.05) is 60.7 Å². The SMILES string of the molecule is [C-]#[N+]C(c1ccccc1)(c1ccccc1)C1CC[C@@H](N2CCN=C2C)C1. The molecular formula is C23H25N3. The second-order valence-electron chi connectivity index (χ2n) is 7.40. The molecule has 2 atom stereocenters. The zero-order chi connectivity index (χ0) is 18.0. The largest absolute Gasteiger partial charge is 0.356 e. The van der Waals surface area contributed by atoms with Crippen molar-refractivity contribution in [3.63, 3.8) is 0 Å². The Morgan fingerprint density at radius 3 is 2.12 bits per heavy atom. The molecule has 132 valence electrons. The molecule has 3 nitrogen and oxygen atoms in total. The summed E-state index contributed by atoms with van der Waals surface area (Å²) in [5, 5.41) is 0. The van der Waals surface area contributed by atoms with E-state index in [1.807, 2.05) is 12.1 Å². The molecule has 1 fully saturated rings. The van der Waals surface area contributed by atoms with E-state index in [0.717, 1.165) is 43.5 Å². The van der Waals surface area contributed by atoms with Crippen LogP contribution in [0.25, 0.3) is 4.85 Å². The summed E-state index contributed by atoms with van der Waals surface area (Å²) < 4.78 is 0. The molecule has 1 aliphatic heterocycles. The van der Waals surface area contributed by atoms with Crippen LogP contribution in [0.4, 0.5) is 0 Å². The predicted molar refractivity (Wildman–Crippen MR) is 106 cm³/mol. The minimum atomic E-state index is -0.595. The number of nitrogens with zero attached hydrogens (tertiary/aromatic N) is 3. The minimum absolute atomic E-state index is 0.322. The van der Waals surface area contributed by atoms with Crippen molar-refractivity contribution < 1.29 is 0 Å². The van der Waals surface area contributed by atoms with Crippen LogP contribution in [0.2, 0.25) is 0 Å². The van der Waals surface area contributed by atoms with Gasteiger partial charge < -0.3 is 4.90 Å². The van der Waals surface area contributed by atoms with Crippen LogP contribution in [-0.4, -0.2) is 29.9 Å². The normalized spacial score (nSPS) is 22.9. The zero-order valence-electron chi connectivity index (χ0n) is 15.3. The maximum atomic E-state index is 8.25. The molecule has 0 aromatic heterocycles. The van der Waals surface area contributed by atoms with Gasteiger partial charge in [0.05, 0.1) is 12.4 Å². The monoisotopic (exact) mass is 343 g/mol. The number of hydrogen-bond acceptors (Lipinski definition) is 2. The Labute approximate surface area is 156 Å². The Morgan fingerprint density at radius 2 is 1.62 bits per heavy atom. The molecule has 1 saturated carbocycles. The van der Waals surface area contributed by atoms with Crippen molar-refractivity contribution in [1.29, 1.82) is 0 Å². The highest BCUT2D eigenvalue weighted by molar-refractivity contribution is 5.81. The Hall–Kier alpha value is -2.60. The van der Waals surface area contributed by atoms with Gasteiger partial charge in [0.2, 0.25) is 0 Å². The van der Waals surface area contributed by atoms with E-state index in [9.17, 15) is 0 Å². The molecule has 0 radical (unpaired) electrons. The van der Waals surface area contributed by atoms with E-state index >= 15 is 0 Å². The van der Waals surface area contributed by atoms with E-state index in [1.165, 1.54) is 5.84 Å². The summed E-state index contributed by atoms with van der Waals surface area (Å²) in [4.78, 5) is 11.4. The van der Waals surface area contributed by atoms with Crippen LogP contribution < -0.4 is 0 Å². The highest BCUT2D eigenvalue weighted by Gasteiger charge is 2.52. The molecule has 2 aliphatic rings. The molecule has 0 amide bonds. The fourth-order valence-corrected chi connectivity index (χ4v) is 4.88. The second kappa shape index (κ2) is 6.96. The van der Waals surface area contributed by atoms with Gasteiger partial charge in [0, 0.05) is 29.6 Å². The fraction of sp³-hybridized carbons (Fsp3) is 0.391. The number of hydrogen-bond donors (Lipinski definition) is 0. The summed E-state index contributed by atoms with van der Waals surface area (Å²) in [6.07, 6.45) is 3.29. The summed E-state index contributed by atoms with van der Waals surface area (Å²) in [6.45, 7) is 12.3. The first-order valence-corrected chi connectivity index (χ1v) is 9.53. The van der Waals surface area contributed by atoms with Crippen LogP contribution in [0.1, 0.15) is 37.3 Å². The highest BCUT2D eigenvalue weighted by Crippen LogP contribution is 2.49. The van der Waals surface area contributed by atoms with E-state index < -0.39 is 5.54 Å². The molecule has 0 N–H and O–H groups in total. The van der Waals surface area contributed by atoms with Gasteiger partial charge >= 0.3 is 0 Å². The standard InChI is InChI=1S/C23H25N3/c1-18-25-15-16-26(18)22-14-13-21(17-22)23(24-2,19-9-5-3-6-10-19)20-11-7-4-8-12-20/h3-12,21-22H,13-17H2,1H3/t21?,22-/m1/s1. The van der Waals surface area contributed by atoms with Crippen molar-refractivity contribution in [2.75, 3.05) is 13.1 Å². The van der Waals surface area contributed by atoms with Crippen LogP contribution in [0.3, 0.4) is 0 Å². The topological polar surface area (TPSA) is 20.0 Å². The molecule has 2 aromatic carbocycles. The maximum absolute atomic E-state index is 8.25. The maximum Gasteiger partial charge on any atom is 0.285 e. The van der Waals surface area contributed by atoms with Gasteiger partial charge in [-0.2, -0.15) is 0 Å². The first-order valence-electron chi connectivity index (χ1n) is 9.53. The molecule has 0 spiro atoms. The van der Waals surface area contributed by atoms with Crippen molar-refractivity contribution in [2.24, 2.45) is 10.9 Å². The smallest absolute Gasteiger partial charge is 0.285 e. The zero-order valence-corrected chi connectivity index (χ0v) is 15.3. The number of benzene rings is 2. The highest BCUT2D eigenvalue weighted by atomic mass is 15.3. The van der Waals surface area contributed by atoms with E-state index in [-0.39, 0.29) is 0 Å². The van der Waals surface area contributed by atoms with Crippen LogP contribution >= 0.6 is 0 Å². The third-order valence-corrected chi connectivity index (χ3v) is 6.14. The second-order valence-corrected chi connectivity index (χ2v) is 7.40. The first-order chi connectivity index (χ1) is 12.8. The van der Waals surface area contributed by atoms with E-state index in [2.05, 4.69) is 70.2 Å². The summed E-state index contributed by atoms with van der Waals surface area (Å²) in [5.41, 5.74) is 1.65. The molecule has 3 heteroatoms. The average Bonchev–Trinajstić information content (AvgIpc) is 3.34. The van der Waals surface area contributed by atoms with E-state index in [1.54, 1.807) is 0 Å².